The molecule has 0 aromatic heterocycles. The van der Waals surface area contributed by atoms with E-state index in [1.165, 1.54) is 12.1 Å². The fourth-order valence-electron chi connectivity index (χ4n) is 1.94. The summed E-state index contributed by atoms with van der Waals surface area (Å²) in [5.74, 6) is -0.466. The van der Waals surface area contributed by atoms with Gasteiger partial charge in [-0.25, -0.2) is 4.39 Å². The lowest BCUT2D eigenvalue weighted by Crippen LogP contribution is -2.26. The van der Waals surface area contributed by atoms with Gasteiger partial charge in [-0.15, -0.1) is 0 Å². The molecule has 2 rings (SSSR count). The van der Waals surface area contributed by atoms with Crippen LogP contribution in [-0.2, 0) is 0 Å². The fraction of sp³-hybridized carbons (Fsp3) is 0.176. The molecule has 0 radical (unpaired) electrons. The third-order valence-corrected chi connectivity index (χ3v) is 3.26. The molecule has 0 fully saturated rings. The Balaban J connectivity index is 2.05. The summed E-state index contributed by atoms with van der Waals surface area (Å²) < 4.78 is 12.9. The van der Waals surface area contributed by atoms with Gasteiger partial charge in [0.15, 0.2) is 5.11 Å². The Morgan fingerprint density at radius 1 is 1.09 bits per heavy atom. The largest absolute Gasteiger partial charge is 0.352 e. The highest BCUT2D eigenvalue weighted by Crippen LogP contribution is 2.16. The van der Waals surface area contributed by atoms with Crippen LogP contribution >= 0.6 is 12.2 Å². The molecule has 4 nitrogen and oxygen atoms in total. The van der Waals surface area contributed by atoms with Crippen molar-refractivity contribution in [1.29, 1.82) is 0 Å². The SMILES string of the molecule is CCCNC(=O)c1ccccc1NC(=S)Nc1ccc(F)cc1. The van der Waals surface area contributed by atoms with Gasteiger partial charge in [0.2, 0.25) is 0 Å². The Morgan fingerprint density at radius 3 is 2.48 bits per heavy atom. The predicted molar refractivity (Wildman–Crippen MR) is 95.3 cm³/mol. The minimum absolute atomic E-state index is 0.153. The van der Waals surface area contributed by atoms with Crippen LogP contribution in [0.4, 0.5) is 15.8 Å². The van der Waals surface area contributed by atoms with E-state index in [9.17, 15) is 9.18 Å². The number of anilines is 2. The second-order valence-electron chi connectivity index (χ2n) is 4.89. The zero-order chi connectivity index (χ0) is 16.7. The first-order valence-corrected chi connectivity index (χ1v) is 7.71. The van der Waals surface area contributed by atoms with E-state index in [-0.39, 0.29) is 11.7 Å². The van der Waals surface area contributed by atoms with Crippen LogP contribution in [0.1, 0.15) is 23.7 Å². The number of benzene rings is 2. The summed E-state index contributed by atoms with van der Waals surface area (Å²) in [6.07, 6.45) is 0.867. The van der Waals surface area contributed by atoms with E-state index in [4.69, 9.17) is 12.2 Å². The summed E-state index contributed by atoms with van der Waals surface area (Å²) in [4.78, 5) is 12.1. The molecule has 0 aliphatic carbocycles. The van der Waals surface area contributed by atoms with Crippen LogP contribution in [0.3, 0.4) is 0 Å². The van der Waals surface area contributed by atoms with Crippen LogP contribution in [0.5, 0.6) is 0 Å². The van der Waals surface area contributed by atoms with Gasteiger partial charge in [0, 0.05) is 12.2 Å². The van der Waals surface area contributed by atoms with Crippen LogP contribution in [-0.4, -0.2) is 17.6 Å². The third kappa shape index (κ3) is 5.03. The molecule has 3 N–H and O–H groups in total. The van der Waals surface area contributed by atoms with Crippen LogP contribution in [0, 0.1) is 5.82 Å². The number of hydrogen-bond acceptors (Lipinski definition) is 2. The quantitative estimate of drug-likeness (QED) is 0.730. The highest BCUT2D eigenvalue weighted by molar-refractivity contribution is 7.80. The highest BCUT2D eigenvalue weighted by atomic mass is 32.1. The van der Waals surface area contributed by atoms with E-state index in [2.05, 4.69) is 16.0 Å². The molecule has 6 heteroatoms. The zero-order valence-corrected chi connectivity index (χ0v) is 13.5. The van der Waals surface area contributed by atoms with Crippen molar-refractivity contribution in [1.82, 2.24) is 5.32 Å². The second-order valence-corrected chi connectivity index (χ2v) is 5.30. The molecule has 0 saturated heterocycles. The van der Waals surface area contributed by atoms with Gasteiger partial charge in [0.05, 0.1) is 11.3 Å². The van der Waals surface area contributed by atoms with Gasteiger partial charge in [0.1, 0.15) is 5.82 Å². The number of para-hydroxylation sites is 1. The number of amides is 1. The van der Waals surface area contributed by atoms with Gasteiger partial charge in [-0.05, 0) is 55.0 Å². The van der Waals surface area contributed by atoms with E-state index in [0.717, 1.165) is 6.42 Å². The van der Waals surface area contributed by atoms with Crippen LogP contribution < -0.4 is 16.0 Å². The van der Waals surface area contributed by atoms with Crippen LogP contribution in [0.2, 0.25) is 0 Å². The van der Waals surface area contributed by atoms with Gasteiger partial charge < -0.3 is 16.0 Å². The van der Waals surface area contributed by atoms with Crippen molar-refractivity contribution in [2.45, 2.75) is 13.3 Å². The van der Waals surface area contributed by atoms with Crippen molar-refractivity contribution in [2.75, 3.05) is 17.2 Å². The van der Waals surface area contributed by atoms with E-state index in [0.29, 0.717) is 28.6 Å². The first-order valence-electron chi connectivity index (χ1n) is 7.31. The topological polar surface area (TPSA) is 53.2 Å². The number of rotatable bonds is 5. The number of nitrogens with one attached hydrogen (secondary N) is 3. The molecule has 0 heterocycles. The summed E-state index contributed by atoms with van der Waals surface area (Å²) in [5, 5.41) is 9.11. The zero-order valence-electron chi connectivity index (χ0n) is 12.7. The average Bonchev–Trinajstić information content (AvgIpc) is 2.55. The van der Waals surface area contributed by atoms with E-state index >= 15 is 0 Å². The van der Waals surface area contributed by atoms with Crippen molar-refractivity contribution < 1.29 is 9.18 Å². The Hall–Kier alpha value is -2.47. The van der Waals surface area contributed by atoms with Crippen molar-refractivity contribution in [3.05, 3.63) is 59.9 Å². The molecule has 23 heavy (non-hydrogen) atoms. The third-order valence-electron chi connectivity index (χ3n) is 3.06. The molecule has 2 aromatic rings. The molecular weight excluding hydrogens is 313 g/mol. The summed E-state index contributed by atoms with van der Waals surface area (Å²) in [6.45, 7) is 2.61. The molecular formula is C17H18FN3OS. The molecule has 0 spiro atoms. The van der Waals surface area contributed by atoms with E-state index in [1.807, 2.05) is 13.0 Å². The maximum atomic E-state index is 12.9. The van der Waals surface area contributed by atoms with Gasteiger partial charge in [0.25, 0.3) is 5.91 Å². The van der Waals surface area contributed by atoms with Crippen LogP contribution in [0.25, 0.3) is 0 Å². The minimum atomic E-state index is -0.313. The maximum absolute atomic E-state index is 12.9. The molecule has 0 unspecified atom stereocenters. The van der Waals surface area contributed by atoms with Gasteiger partial charge >= 0.3 is 0 Å². The predicted octanol–water partition coefficient (Wildman–Crippen LogP) is 3.77. The summed E-state index contributed by atoms with van der Waals surface area (Å²) >= 11 is 5.24. The summed E-state index contributed by atoms with van der Waals surface area (Å²) in [6, 6.07) is 13.0. The number of hydrogen-bond donors (Lipinski definition) is 3. The normalized spacial score (nSPS) is 10.0. The molecule has 0 atom stereocenters. The Bertz CT molecular complexity index is 688. The van der Waals surface area contributed by atoms with Gasteiger partial charge in [-0.1, -0.05) is 19.1 Å². The lowest BCUT2D eigenvalue weighted by Gasteiger charge is -2.14. The Morgan fingerprint density at radius 2 is 1.78 bits per heavy atom. The molecule has 2 aromatic carbocycles. The smallest absolute Gasteiger partial charge is 0.253 e. The van der Waals surface area contributed by atoms with Crippen molar-refractivity contribution in [3.8, 4) is 0 Å². The number of thiocarbonyl (C=S) groups is 1. The maximum Gasteiger partial charge on any atom is 0.253 e. The molecule has 1 amide bonds. The first kappa shape index (κ1) is 16.9. The first-order chi connectivity index (χ1) is 11.1. The van der Waals surface area contributed by atoms with Gasteiger partial charge in [-0.3, -0.25) is 4.79 Å². The number of carbonyl (C=O) groups is 1. The highest BCUT2D eigenvalue weighted by Gasteiger charge is 2.11. The number of carbonyl (C=O) groups excluding carboxylic acids is 1. The van der Waals surface area contributed by atoms with Crippen LogP contribution in [0.15, 0.2) is 48.5 Å². The molecule has 0 aliphatic rings. The molecule has 0 saturated carbocycles. The lowest BCUT2D eigenvalue weighted by molar-refractivity contribution is 0.0954. The molecule has 0 bridgehead atoms. The van der Waals surface area contributed by atoms with Gasteiger partial charge in [-0.2, -0.15) is 0 Å². The molecule has 0 aliphatic heterocycles. The van der Waals surface area contributed by atoms with E-state index in [1.54, 1.807) is 30.3 Å². The van der Waals surface area contributed by atoms with Crippen molar-refractivity contribution in [3.63, 3.8) is 0 Å². The Kier molecular flexibility index (Phi) is 6.05. The summed E-state index contributed by atoms with van der Waals surface area (Å²) in [5.41, 5.74) is 1.79. The number of halogens is 1. The summed E-state index contributed by atoms with van der Waals surface area (Å²) in [7, 11) is 0. The van der Waals surface area contributed by atoms with Crippen molar-refractivity contribution >= 4 is 34.6 Å². The van der Waals surface area contributed by atoms with Crippen molar-refractivity contribution in [2.24, 2.45) is 0 Å². The monoisotopic (exact) mass is 331 g/mol. The lowest BCUT2D eigenvalue weighted by atomic mass is 10.1. The fourth-order valence-corrected chi connectivity index (χ4v) is 2.17. The molecule has 120 valence electrons. The van der Waals surface area contributed by atoms with E-state index < -0.39 is 0 Å². The standard InChI is InChI=1S/C17H18FN3OS/c1-2-11-19-16(22)14-5-3-4-6-15(14)21-17(23)20-13-9-7-12(18)8-10-13/h3-10H,2,11H2,1H3,(H,19,22)(H2,20,21,23). The average molecular weight is 331 g/mol. The Labute approximate surface area is 140 Å². The minimum Gasteiger partial charge on any atom is -0.352 e. The second kappa shape index (κ2) is 8.24.